The van der Waals surface area contributed by atoms with Crippen molar-refractivity contribution in [2.45, 2.75) is 99.7 Å². The van der Waals surface area contributed by atoms with E-state index in [1.807, 2.05) is 29.2 Å². The van der Waals surface area contributed by atoms with Gasteiger partial charge in [-0.2, -0.15) is 13.8 Å². The Morgan fingerprint density at radius 3 is 2.15 bits per heavy atom. The number of alkyl halides is 4. The maximum Gasteiger partial charge on any atom is 0.322 e. The fraction of sp³-hybridized carbons (Fsp3) is 0.559. The van der Waals surface area contributed by atoms with Crippen LogP contribution in [0, 0.1) is 11.3 Å². The van der Waals surface area contributed by atoms with Crippen LogP contribution in [0.5, 0.6) is 0 Å². The molecule has 7 rings (SSSR count). The van der Waals surface area contributed by atoms with Crippen LogP contribution < -0.4 is 4.90 Å². The van der Waals surface area contributed by atoms with Crippen molar-refractivity contribution >= 4 is 21.4 Å². The van der Waals surface area contributed by atoms with Gasteiger partial charge in [0.25, 0.3) is 5.89 Å². The summed E-state index contributed by atoms with van der Waals surface area (Å²) < 4.78 is 84.3. The number of carbonyl (C=O) groups is 1. The molecule has 3 aromatic rings. The average molecular weight is 662 g/mol. The van der Waals surface area contributed by atoms with Crippen molar-refractivity contribution in [3.63, 3.8) is 0 Å². The van der Waals surface area contributed by atoms with E-state index in [4.69, 9.17) is 4.52 Å². The molecular weight excluding hydrogens is 622 g/mol. The number of nitrogens with zero attached hydrogens (tertiary/aromatic N) is 3. The molecule has 0 spiro atoms. The van der Waals surface area contributed by atoms with Gasteiger partial charge in [-0.1, -0.05) is 29.4 Å². The maximum absolute atomic E-state index is 14.1. The van der Waals surface area contributed by atoms with Gasteiger partial charge in [0.15, 0.2) is 15.7 Å². The first-order valence-corrected chi connectivity index (χ1v) is 17.8. The third-order valence-electron chi connectivity index (χ3n) is 10.5. The summed E-state index contributed by atoms with van der Waals surface area (Å²) in [4.78, 5) is 20.2. The zero-order valence-corrected chi connectivity index (χ0v) is 26.9. The lowest BCUT2D eigenvalue weighted by molar-refractivity contribution is -0.121. The molecule has 0 radical (unpaired) electrons. The molecule has 2 bridgehead atoms. The summed E-state index contributed by atoms with van der Waals surface area (Å²) in [6.45, 7) is 1.19. The summed E-state index contributed by atoms with van der Waals surface area (Å²) >= 11 is 0. The van der Waals surface area contributed by atoms with Crippen LogP contribution in [0.15, 0.2) is 57.9 Å². The lowest BCUT2D eigenvalue weighted by Gasteiger charge is -2.53. The van der Waals surface area contributed by atoms with Gasteiger partial charge in [-0.3, -0.25) is 4.79 Å². The van der Waals surface area contributed by atoms with Crippen LogP contribution in [0.25, 0.3) is 11.1 Å². The fourth-order valence-corrected chi connectivity index (χ4v) is 8.15. The number of amides is 1. The van der Waals surface area contributed by atoms with E-state index in [0.29, 0.717) is 50.2 Å². The van der Waals surface area contributed by atoms with Crippen molar-refractivity contribution in [3.05, 3.63) is 60.2 Å². The SMILES string of the molecule is CC(F)(F)c1nc(C23CCC(CN(C(=O)CC4CCC(F)(F)CC4)c4cccc(-c5ccc(S(C)(=O)=O)cc5)c4)(CC2)CC3)no1. The minimum atomic E-state index is -3.35. The Balaban J connectivity index is 1.25. The van der Waals surface area contributed by atoms with Crippen LogP contribution in [-0.2, 0) is 26.0 Å². The van der Waals surface area contributed by atoms with Gasteiger partial charge in [0, 0.05) is 50.1 Å². The molecule has 248 valence electrons. The highest BCUT2D eigenvalue weighted by molar-refractivity contribution is 7.90. The molecule has 2 aromatic carbocycles. The summed E-state index contributed by atoms with van der Waals surface area (Å²) in [6, 6.07) is 14.1. The summed E-state index contributed by atoms with van der Waals surface area (Å²) in [5.41, 5.74) is 1.67. The Hall–Kier alpha value is -3.28. The zero-order valence-electron chi connectivity index (χ0n) is 26.1. The van der Waals surface area contributed by atoms with Gasteiger partial charge in [-0.25, -0.2) is 17.2 Å². The highest BCUT2D eigenvalue weighted by atomic mass is 32.2. The number of benzene rings is 2. The molecular formula is C34H39F4N3O4S. The Morgan fingerprint density at radius 1 is 0.957 bits per heavy atom. The Morgan fingerprint density at radius 2 is 1.59 bits per heavy atom. The molecule has 4 aliphatic rings. The van der Waals surface area contributed by atoms with Gasteiger partial charge in [0.05, 0.1) is 4.90 Å². The third kappa shape index (κ3) is 6.73. The first kappa shape index (κ1) is 32.7. The monoisotopic (exact) mass is 661 g/mol. The second-order valence-electron chi connectivity index (χ2n) is 13.9. The van der Waals surface area contributed by atoms with Crippen molar-refractivity contribution < 1.29 is 35.3 Å². The van der Waals surface area contributed by atoms with E-state index in [-0.39, 0.29) is 41.4 Å². The van der Waals surface area contributed by atoms with E-state index in [1.54, 1.807) is 24.3 Å². The molecule has 1 aromatic heterocycles. The van der Waals surface area contributed by atoms with Gasteiger partial charge in [0.2, 0.25) is 11.8 Å². The van der Waals surface area contributed by atoms with Crippen molar-refractivity contribution in [1.82, 2.24) is 10.1 Å². The van der Waals surface area contributed by atoms with Crippen molar-refractivity contribution in [2.75, 3.05) is 17.7 Å². The predicted octanol–water partition coefficient (Wildman–Crippen LogP) is 8.09. The smallest absolute Gasteiger partial charge is 0.322 e. The molecule has 1 amide bonds. The van der Waals surface area contributed by atoms with Crippen LogP contribution in [0.4, 0.5) is 23.2 Å². The van der Waals surface area contributed by atoms with Gasteiger partial charge in [-0.05, 0) is 98.1 Å². The molecule has 46 heavy (non-hydrogen) atoms. The van der Waals surface area contributed by atoms with Crippen LogP contribution in [0.1, 0.15) is 89.3 Å². The molecule has 0 N–H and O–H groups in total. The van der Waals surface area contributed by atoms with Gasteiger partial charge >= 0.3 is 5.92 Å². The predicted molar refractivity (Wildman–Crippen MR) is 165 cm³/mol. The number of rotatable bonds is 9. The molecule has 0 unspecified atom stereocenters. The molecule has 4 fully saturated rings. The minimum Gasteiger partial charge on any atom is -0.333 e. The highest BCUT2D eigenvalue weighted by Gasteiger charge is 2.53. The van der Waals surface area contributed by atoms with Crippen molar-refractivity contribution in [3.8, 4) is 11.1 Å². The average Bonchev–Trinajstić information content (AvgIpc) is 3.54. The fourth-order valence-electron chi connectivity index (χ4n) is 7.52. The number of carbonyl (C=O) groups excluding carboxylic acids is 1. The standard InChI is InChI=1S/C34H39F4N3O4S/c1-31(35,36)30-39-29(40-45-30)33-17-14-32(15-18-33,16-19-33)22-41(28(42)20-23-10-12-34(37,38)13-11-23)26-5-3-4-25(21-26)24-6-8-27(9-7-24)46(2,43)44/h3-9,21,23H,10-20,22H2,1-2H3. The molecule has 12 heteroatoms. The molecule has 4 aliphatic carbocycles. The largest absolute Gasteiger partial charge is 0.333 e. The van der Waals surface area contributed by atoms with E-state index in [9.17, 15) is 30.8 Å². The summed E-state index contributed by atoms with van der Waals surface area (Å²) in [7, 11) is -3.35. The Labute approximate surface area is 266 Å². The molecule has 0 saturated heterocycles. The minimum absolute atomic E-state index is 0.107. The number of aromatic nitrogens is 2. The lowest BCUT2D eigenvalue weighted by atomic mass is 9.53. The van der Waals surface area contributed by atoms with Gasteiger partial charge in [-0.15, -0.1) is 0 Å². The van der Waals surface area contributed by atoms with Gasteiger partial charge < -0.3 is 9.42 Å². The van der Waals surface area contributed by atoms with E-state index in [2.05, 4.69) is 10.1 Å². The second-order valence-corrected chi connectivity index (χ2v) is 15.9. The first-order chi connectivity index (χ1) is 21.6. The number of anilines is 1. The Kier molecular flexibility index (Phi) is 8.34. The van der Waals surface area contributed by atoms with Crippen LogP contribution in [-0.4, -0.2) is 43.2 Å². The summed E-state index contributed by atoms with van der Waals surface area (Å²) in [6.07, 6.45) is 5.85. The molecule has 1 heterocycles. The number of hydrogen-bond acceptors (Lipinski definition) is 6. The topological polar surface area (TPSA) is 93.4 Å². The van der Waals surface area contributed by atoms with Crippen LogP contribution in [0.3, 0.4) is 0 Å². The zero-order chi connectivity index (χ0) is 33.0. The van der Waals surface area contributed by atoms with Crippen LogP contribution in [0.2, 0.25) is 0 Å². The first-order valence-electron chi connectivity index (χ1n) is 15.9. The second kappa shape index (κ2) is 11.8. The van der Waals surface area contributed by atoms with Crippen molar-refractivity contribution in [1.29, 1.82) is 0 Å². The van der Waals surface area contributed by atoms with E-state index in [1.165, 1.54) is 0 Å². The molecule has 4 saturated carbocycles. The summed E-state index contributed by atoms with van der Waals surface area (Å²) in [5, 5.41) is 3.95. The Bertz CT molecular complexity index is 1670. The quantitative estimate of drug-likeness (QED) is 0.215. The van der Waals surface area contributed by atoms with Crippen molar-refractivity contribution in [2.24, 2.45) is 11.3 Å². The molecule has 0 atom stereocenters. The number of hydrogen-bond donors (Lipinski definition) is 0. The van der Waals surface area contributed by atoms with E-state index >= 15 is 0 Å². The van der Waals surface area contributed by atoms with Crippen LogP contribution >= 0.6 is 0 Å². The normalized spacial score (nSPS) is 25.0. The van der Waals surface area contributed by atoms with E-state index < -0.39 is 33.0 Å². The maximum atomic E-state index is 14.1. The number of sulfone groups is 1. The molecule has 7 nitrogen and oxygen atoms in total. The summed E-state index contributed by atoms with van der Waals surface area (Å²) in [5.74, 6) is -6.47. The third-order valence-corrected chi connectivity index (χ3v) is 11.7. The van der Waals surface area contributed by atoms with E-state index in [0.717, 1.165) is 43.6 Å². The lowest BCUT2D eigenvalue weighted by Crippen LogP contribution is -2.51. The number of halogens is 4. The number of fused-ring (bicyclic) bond motifs is 3. The molecule has 0 aliphatic heterocycles. The van der Waals surface area contributed by atoms with Gasteiger partial charge in [0.1, 0.15) is 0 Å². The highest BCUT2D eigenvalue weighted by Crippen LogP contribution is 2.58.